The molecule has 1 heterocycles. The van der Waals surface area contributed by atoms with E-state index in [0.29, 0.717) is 5.54 Å². The van der Waals surface area contributed by atoms with E-state index in [1.807, 2.05) is 0 Å². The second-order valence-corrected chi connectivity index (χ2v) is 8.09. The van der Waals surface area contributed by atoms with Gasteiger partial charge in [-0.3, -0.25) is 0 Å². The molecule has 0 spiro atoms. The van der Waals surface area contributed by atoms with Gasteiger partial charge in [-0.25, -0.2) is 0 Å². The van der Waals surface area contributed by atoms with E-state index < -0.39 is 0 Å². The summed E-state index contributed by atoms with van der Waals surface area (Å²) in [5.74, 6) is 3.33. The molecule has 1 fully saturated rings. The summed E-state index contributed by atoms with van der Waals surface area (Å²) in [6.07, 6.45) is 22.6. The molecule has 0 aromatic carbocycles. The summed E-state index contributed by atoms with van der Waals surface area (Å²) in [5.41, 5.74) is 0.483. The van der Waals surface area contributed by atoms with Crippen LogP contribution in [0, 0.1) is 9.85 Å². The quantitative estimate of drug-likeness (QED) is 0.198. The first-order chi connectivity index (χ1) is 11.3. The predicted octanol–water partition coefficient (Wildman–Crippen LogP) is 5.96. The van der Waals surface area contributed by atoms with E-state index in [2.05, 4.69) is 44.7 Å². The fourth-order valence-electron chi connectivity index (χ4n) is 3.97. The van der Waals surface area contributed by atoms with Gasteiger partial charge in [-0.15, -0.1) is 0 Å². The zero-order valence-electron chi connectivity index (χ0n) is 15.5. The van der Waals surface area contributed by atoms with Crippen LogP contribution in [-0.4, -0.2) is 12.1 Å². The molecular formula is C21H39IN+. The molecule has 1 saturated heterocycles. The Bertz CT molecular complexity index is 322. The van der Waals surface area contributed by atoms with Gasteiger partial charge in [-0.1, -0.05) is 83.5 Å². The largest absolute Gasteiger partial charge is 0.341 e. The normalized spacial score (nSPS) is 20.4. The van der Waals surface area contributed by atoms with Crippen molar-refractivity contribution >= 4 is 22.6 Å². The summed E-state index contributed by atoms with van der Waals surface area (Å²) in [7, 11) is 0. The third-order valence-electron chi connectivity index (χ3n) is 5.49. The van der Waals surface area contributed by atoms with Gasteiger partial charge >= 0.3 is 0 Å². The highest BCUT2D eigenvalue weighted by Crippen LogP contribution is 2.24. The molecule has 134 valence electrons. The van der Waals surface area contributed by atoms with Crippen LogP contribution in [0.5, 0.6) is 0 Å². The molecule has 0 amide bonds. The summed E-state index contributed by atoms with van der Waals surface area (Å²) in [4.78, 5) is 0. The third-order valence-corrected chi connectivity index (χ3v) is 5.87. The minimum atomic E-state index is 0.483. The van der Waals surface area contributed by atoms with E-state index in [1.54, 1.807) is 0 Å². The van der Waals surface area contributed by atoms with Crippen molar-refractivity contribution in [2.75, 3.05) is 6.54 Å². The molecule has 1 rings (SSSR count). The highest BCUT2D eigenvalue weighted by Gasteiger charge is 2.36. The summed E-state index contributed by atoms with van der Waals surface area (Å²) in [6, 6.07) is 0. The molecule has 0 radical (unpaired) electrons. The van der Waals surface area contributed by atoms with Crippen molar-refractivity contribution in [3.63, 3.8) is 0 Å². The monoisotopic (exact) mass is 432 g/mol. The van der Waals surface area contributed by atoms with Gasteiger partial charge in [-0.05, 0) is 10.3 Å². The Labute approximate surface area is 159 Å². The van der Waals surface area contributed by atoms with Gasteiger partial charge in [0, 0.05) is 41.9 Å². The minimum absolute atomic E-state index is 0.483. The number of unbranched alkanes of at least 4 members (excludes halogenated alkanes) is 11. The number of rotatable bonds is 14. The SMILES string of the molecule is CCCCCCCCCCCCCCC1(CC#CI)CCC[NH2+]1. The predicted molar refractivity (Wildman–Crippen MR) is 111 cm³/mol. The van der Waals surface area contributed by atoms with Crippen LogP contribution in [0.2, 0.25) is 0 Å². The Kier molecular flexibility index (Phi) is 13.5. The summed E-state index contributed by atoms with van der Waals surface area (Å²) in [5, 5.41) is 2.59. The van der Waals surface area contributed by atoms with Crippen LogP contribution in [-0.2, 0) is 0 Å². The maximum atomic E-state index is 3.33. The van der Waals surface area contributed by atoms with Crippen molar-refractivity contribution in [2.24, 2.45) is 0 Å². The molecule has 23 heavy (non-hydrogen) atoms. The van der Waals surface area contributed by atoms with Crippen LogP contribution < -0.4 is 5.32 Å². The fraction of sp³-hybridized carbons (Fsp3) is 0.905. The molecule has 0 aromatic heterocycles. The lowest BCUT2D eigenvalue weighted by molar-refractivity contribution is -0.708. The zero-order chi connectivity index (χ0) is 16.6. The molecule has 1 atom stereocenters. The maximum Gasteiger partial charge on any atom is 0.107 e. The van der Waals surface area contributed by atoms with Gasteiger partial charge in [0.1, 0.15) is 5.54 Å². The Morgan fingerprint density at radius 1 is 0.870 bits per heavy atom. The molecule has 1 nitrogen and oxygen atoms in total. The molecule has 2 heteroatoms. The zero-order valence-corrected chi connectivity index (χ0v) is 17.6. The number of halogens is 1. The third kappa shape index (κ3) is 10.7. The van der Waals surface area contributed by atoms with Crippen molar-refractivity contribution in [1.82, 2.24) is 0 Å². The Balaban J connectivity index is 1.91. The number of nitrogens with two attached hydrogens (primary N) is 1. The summed E-state index contributed by atoms with van der Waals surface area (Å²) < 4.78 is 3.07. The van der Waals surface area contributed by atoms with Crippen LogP contribution in [0.3, 0.4) is 0 Å². The topological polar surface area (TPSA) is 16.6 Å². The van der Waals surface area contributed by atoms with Crippen LogP contribution in [0.25, 0.3) is 0 Å². The van der Waals surface area contributed by atoms with Crippen LogP contribution in [0.1, 0.15) is 110 Å². The lowest BCUT2D eigenvalue weighted by Gasteiger charge is -2.23. The number of hydrogen-bond donors (Lipinski definition) is 1. The summed E-state index contributed by atoms with van der Waals surface area (Å²) in [6.45, 7) is 3.62. The molecule has 0 aromatic rings. The first-order valence-electron chi connectivity index (χ1n) is 10.3. The first kappa shape index (κ1) is 21.3. The number of quaternary nitrogens is 1. The highest BCUT2D eigenvalue weighted by molar-refractivity contribution is 14.1. The lowest BCUT2D eigenvalue weighted by atomic mass is 9.87. The summed E-state index contributed by atoms with van der Waals surface area (Å²) >= 11 is 2.18. The van der Waals surface area contributed by atoms with E-state index in [9.17, 15) is 0 Å². The van der Waals surface area contributed by atoms with Crippen molar-refractivity contribution in [3.05, 3.63) is 0 Å². The van der Waals surface area contributed by atoms with Crippen LogP contribution in [0.15, 0.2) is 0 Å². The van der Waals surface area contributed by atoms with Crippen LogP contribution >= 0.6 is 22.6 Å². The molecule has 1 aliphatic rings. The number of hydrogen-bond acceptors (Lipinski definition) is 0. The van der Waals surface area contributed by atoms with E-state index in [4.69, 9.17) is 0 Å². The Hall–Kier alpha value is 0.250. The van der Waals surface area contributed by atoms with Crippen molar-refractivity contribution in [1.29, 1.82) is 0 Å². The van der Waals surface area contributed by atoms with Gasteiger partial charge in [0.2, 0.25) is 0 Å². The lowest BCUT2D eigenvalue weighted by Crippen LogP contribution is -2.93. The Morgan fingerprint density at radius 3 is 1.91 bits per heavy atom. The maximum absolute atomic E-state index is 3.33. The van der Waals surface area contributed by atoms with Gasteiger partial charge in [0.05, 0.1) is 13.0 Å². The van der Waals surface area contributed by atoms with Crippen LogP contribution in [0.4, 0.5) is 0 Å². The molecule has 1 unspecified atom stereocenters. The van der Waals surface area contributed by atoms with E-state index >= 15 is 0 Å². The van der Waals surface area contributed by atoms with Gasteiger partial charge in [-0.2, -0.15) is 0 Å². The first-order valence-corrected chi connectivity index (χ1v) is 11.3. The van der Waals surface area contributed by atoms with Gasteiger partial charge < -0.3 is 5.32 Å². The molecule has 0 bridgehead atoms. The molecule has 0 saturated carbocycles. The molecule has 1 aliphatic heterocycles. The average Bonchev–Trinajstić information content (AvgIpc) is 3.03. The smallest absolute Gasteiger partial charge is 0.107 e. The molecule has 2 N–H and O–H groups in total. The molecule has 0 aliphatic carbocycles. The second-order valence-electron chi connectivity index (χ2n) is 7.55. The standard InChI is InChI=1S/C21H38IN/c1-2-3-4-5-6-7-8-9-10-11-12-13-16-21(17-14-19-22)18-15-20-23-21/h23H,2-13,15-18,20H2,1H3/p+1. The van der Waals surface area contributed by atoms with E-state index in [1.165, 1.54) is 103 Å². The van der Waals surface area contributed by atoms with E-state index in [0.717, 1.165) is 6.42 Å². The van der Waals surface area contributed by atoms with Crippen molar-refractivity contribution < 1.29 is 5.32 Å². The van der Waals surface area contributed by atoms with Gasteiger partial charge in [0.15, 0.2) is 0 Å². The highest BCUT2D eigenvalue weighted by atomic mass is 127. The average molecular weight is 432 g/mol. The van der Waals surface area contributed by atoms with E-state index in [-0.39, 0.29) is 0 Å². The minimum Gasteiger partial charge on any atom is -0.341 e. The van der Waals surface area contributed by atoms with Gasteiger partial charge in [0.25, 0.3) is 0 Å². The second kappa shape index (κ2) is 14.6. The fourth-order valence-corrected chi connectivity index (χ4v) is 4.16. The molecular weight excluding hydrogens is 393 g/mol. The van der Waals surface area contributed by atoms with Crippen molar-refractivity contribution in [2.45, 2.75) is 115 Å². The Morgan fingerprint density at radius 2 is 1.43 bits per heavy atom. The van der Waals surface area contributed by atoms with Crippen molar-refractivity contribution in [3.8, 4) is 9.85 Å².